The Bertz CT molecular complexity index is 881. The normalized spacial score (nSPS) is 10.4. The van der Waals surface area contributed by atoms with Gasteiger partial charge in [0.2, 0.25) is 0 Å². The van der Waals surface area contributed by atoms with Crippen molar-refractivity contribution in [2.45, 2.75) is 13.0 Å². The number of esters is 1. The lowest BCUT2D eigenvalue weighted by atomic mass is 10.1. The molecule has 0 aliphatic carbocycles. The van der Waals surface area contributed by atoms with E-state index in [0.29, 0.717) is 15.7 Å². The van der Waals surface area contributed by atoms with E-state index in [1.165, 1.54) is 0 Å². The minimum Gasteiger partial charge on any atom is -0.461 e. The first kappa shape index (κ1) is 18.2. The first-order valence-corrected chi connectivity index (χ1v) is 8.72. The number of para-hydroxylation sites is 2. The fourth-order valence-corrected chi connectivity index (χ4v) is 2.89. The van der Waals surface area contributed by atoms with Crippen molar-refractivity contribution in [2.75, 3.05) is 5.32 Å². The molecule has 1 aromatic heterocycles. The van der Waals surface area contributed by atoms with Gasteiger partial charge in [-0.2, -0.15) is 0 Å². The minimum atomic E-state index is -0.318. The Labute approximate surface area is 161 Å². The quantitative estimate of drug-likeness (QED) is 0.574. The van der Waals surface area contributed by atoms with Gasteiger partial charge in [0.1, 0.15) is 6.61 Å². The van der Waals surface area contributed by atoms with Gasteiger partial charge in [-0.25, -0.2) is 0 Å². The van der Waals surface area contributed by atoms with Crippen molar-refractivity contribution in [1.82, 2.24) is 4.98 Å². The van der Waals surface area contributed by atoms with Crippen LogP contribution in [-0.4, -0.2) is 11.0 Å². The van der Waals surface area contributed by atoms with Crippen molar-refractivity contribution in [2.24, 2.45) is 0 Å². The van der Waals surface area contributed by atoms with E-state index < -0.39 is 0 Å². The standard InChI is InChI=1S/C20H16Cl2N2O2/c21-16-5-3-6-17(22)20(16)24-18-7-2-1-4-15(18)12-19(25)26-13-14-8-10-23-11-9-14/h1-11,24H,12-13H2. The number of hydrogen-bond acceptors (Lipinski definition) is 4. The zero-order valence-electron chi connectivity index (χ0n) is 13.8. The molecule has 3 aromatic rings. The van der Waals surface area contributed by atoms with Crippen LogP contribution in [0.5, 0.6) is 0 Å². The number of anilines is 2. The van der Waals surface area contributed by atoms with E-state index in [2.05, 4.69) is 10.3 Å². The number of ether oxygens (including phenoxy) is 1. The van der Waals surface area contributed by atoms with E-state index >= 15 is 0 Å². The van der Waals surface area contributed by atoms with Crippen LogP contribution in [0.1, 0.15) is 11.1 Å². The summed E-state index contributed by atoms with van der Waals surface area (Å²) in [6, 6.07) is 16.4. The lowest BCUT2D eigenvalue weighted by molar-refractivity contribution is -0.144. The predicted octanol–water partition coefficient (Wildman–Crippen LogP) is 5.42. The Hall–Kier alpha value is -2.56. The molecule has 0 atom stereocenters. The molecular weight excluding hydrogens is 371 g/mol. The highest BCUT2D eigenvalue weighted by atomic mass is 35.5. The van der Waals surface area contributed by atoms with E-state index in [1.54, 1.807) is 30.6 Å². The largest absolute Gasteiger partial charge is 0.461 e. The third-order valence-corrected chi connectivity index (χ3v) is 4.35. The third-order valence-electron chi connectivity index (χ3n) is 3.72. The Kier molecular flexibility index (Phi) is 6.10. The molecule has 0 amide bonds. The highest BCUT2D eigenvalue weighted by Crippen LogP contribution is 2.33. The lowest BCUT2D eigenvalue weighted by Gasteiger charge is -2.14. The summed E-state index contributed by atoms with van der Waals surface area (Å²) in [6.07, 6.45) is 3.46. The summed E-state index contributed by atoms with van der Waals surface area (Å²) in [4.78, 5) is 16.1. The first-order valence-electron chi connectivity index (χ1n) is 7.97. The summed E-state index contributed by atoms with van der Waals surface area (Å²) in [5, 5.41) is 4.22. The number of nitrogens with one attached hydrogen (secondary N) is 1. The van der Waals surface area contributed by atoms with E-state index in [0.717, 1.165) is 16.8 Å². The molecule has 4 nitrogen and oxygen atoms in total. The van der Waals surface area contributed by atoms with E-state index in [9.17, 15) is 4.79 Å². The third kappa shape index (κ3) is 4.75. The smallest absolute Gasteiger partial charge is 0.310 e. The molecule has 6 heteroatoms. The molecule has 132 valence electrons. The molecule has 0 radical (unpaired) electrons. The predicted molar refractivity (Wildman–Crippen MR) is 104 cm³/mol. The zero-order chi connectivity index (χ0) is 18.4. The van der Waals surface area contributed by atoms with Gasteiger partial charge in [-0.1, -0.05) is 47.5 Å². The van der Waals surface area contributed by atoms with Gasteiger partial charge in [0.15, 0.2) is 0 Å². The second-order valence-electron chi connectivity index (χ2n) is 5.57. The number of halogens is 2. The van der Waals surface area contributed by atoms with Gasteiger partial charge >= 0.3 is 5.97 Å². The van der Waals surface area contributed by atoms with Crippen LogP contribution >= 0.6 is 23.2 Å². The highest BCUT2D eigenvalue weighted by molar-refractivity contribution is 6.39. The van der Waals surface area contributed by atoms with Gasteiger partial charge < -0.3 is 10.1 Å². The van der Waals surface area contributed by atoms with Crippen LogP contribution in [0.3, 0.4) is 0 Å². The molecule has 1 heterocycles. The van der Waals surface area contributed by atoms with Gasteiger partial charge in [-0.15, -0.1) is 0 Å². The molecule has 26 heavy (non-hydrogen) atoms. The summed E-state index contributed by atoms with van der Waals surface area (Å²) >= 11 is 12.4. The summed E-state index contributed by atoms with van der Waals surface area (Å²) < 4.78 is 5.34. The number of pyridine rings is 1. The Morgan fingerprint density at radius 2 is 1.65 bits per heavy atom. The minimum absolute atomic E-state index is 0.135. The van der Waals surface area contributed by atoms with Gasteiger partial charge in [-0.3, -0.25) is 9.78 Å². The van der Waals surface area contributed by atoms with Crippen LogP contribution in [0.2, 0.25) is 10.0 Å². The monoisotopic (exact) mass is 386 g/mol. The maximum atomic E-state index is 12.2. The molecule has 0 saturated heterocycles. The van der Waals surface area contributed by atoms with Crippen LogP contribution < -0.4 is 5.32 Å². The average Bonchev–Trinajstić information content (AvgIpc) is 2.65. The van der Waals surface area contributed by atoms with Crippen molar-refractivity contribution in [1.29, 1.82) is 0 Å². The van der Waals surface area contributed by atoms with Crippen LogP contribution in [0.25, 0.3) is 0 Å². The zero-order valence-corrected chi connectivity index (χ0v) is 15.3. The Balaban J connectivity index is 1.70. The number of rotatable bonds is 6. The second-order valence-corrected chi connectivity index (χ2v) is 6.39. The van der Waals surface area contributed by atoms with Crippen molar-refractivity contribution >= 4 is 40.5 Å². The molecule has 0 spiro atoms. The summed E-state index contributed by atoms with van der Waals surface area (Å²) in [5.74, 6) is -0.318. The molecule has 3 rings (SSSR count). The average molecular weight is 387 g/mol. The maximum Gasteiger partial charge on any atom is 0.310 e. The highest BCUT2D eigenvalue weighted by Gasteiger charge is 2.12. The van der Waals surface area contributed by atoms with Gasteiger partial charge in [0.05, 0.1) is 22.2 Å². The molecule has 0 saturated carbocycles. The number of hydrogen-bond donors (Lipinski definition) is 1. The lowest BCUT2D eigenvalue weighted by Crippen LogP contribution is -2.09. The maximum absolute atomic E-state index is 12.2. The number of carbonyl (C=O) groups is 1. The Morgan fingerprint density at radius 3 is 2.38 bits per heavy atom. The van der Waals surface area contributed by atoms with Crippen LogP contribution in [0.15, 0.2) is 67.0 Å². The molecule has 1 N–H and O–H groups in total. The van der Waals surface area contributed by atoms with E-state index in [4.69, 9.17) is 27.9 Å². The van der Waals surface area contributed by atoms with Gasteiger partial charge in [0, 0.05) is 18.1 Å². The van der Waals surface area contributed by atoms with Crippen molar-refractivity contribution < 1.29 is 9.53 Å². The Morgan fingerprint density at radius 1 is 0.962 bits per heavy atom. The number of aromatic nitrogens is 1. The summed E-state index contributed by atoms with van der Waals surface area (Å²) in [5.41, 5.74) is 3.04. The second kappa shape index (κ2) is 8.70. The van der Waals surface area contributed by atoms with Gasteiger partial charge in [-0.05, 0) is 41.5 Å². The van der Waals surface area contributed by atoms with Gasteiger partial charge in [0.25, 0.3) is 0 Å². The van der Waals surface area contributed by atoms with Crippen molar-refractivity contribution in [3.63, 3.8) is 0 Å². The number of nitrogens with zero attached hydrogens (tertiary/aromatic N) is 1. The SMILES string of the molecule is O=C(Cc1ccccc1Nc1c(Cl)cccc1Cl)OCc1ccncc1. The molecule has 0 unspecified atom stereocenters. The topological polar surface area (TPSA) is 51.2 Å². The van der Waals surface area contributed by atoms with Crippen LogP contribution in [0, 0.1) is 0 Å². The molecule has 0 aliphatic heterocycles. The number of benzene rings is 2. The molecule has 2 aromatic carbocycles. The van der Waals surface area contributed by atoms with Crippen LogP contribution in [-0.2, 0) is 22.6 Å². The number of carbonyl (C=O) groups excluding carboxylic acids is 1. The first-order chi connectivity index (χ1) is 12.6. The molecule has 0 fully saturated rings. The van der Waals surface area contributed by atoms with Crippen molar-refractivity contribution in [3.8, 4) is 0 Å². The fraction of sp³-hybridized carbons (Fsp3) is 0.100. The van der Waals surface area contributed by atoms with Crippen LogP contribution in [0.4, 0.5) is 11.4 Å². The fourth-order valence-electron chi connectivity index (χ4n) is 2.40. The van der Waals surface area contributed by atoms with E-state index in [1.807, 2.05) is 36.4 Å². The van der Waals surface area contributed by atoms with E-state index in [-0.39, 0.29) is 19.0 Å². The molecular formula is C20H16Cl2N2O2. The summed E-state index contributed by atoms with van der Waals surface area (Å²) in [7, 11) is 0. The van der Waals surface area contributed by atoms with Crippen molar-refractivity contribution in [3.05, 3.63) is 88.2 Å². The summed E-state index contributed by atoms with van der Waals surface area (Å²) in [6.45, 7) is 0.216. The molecule has 0 bridgehead atoms. The molecule has 0 aliphatic rings.